The second-order valence-corrected chi connectivity index (χ2v) is 4.81. The first-order valence-corrected chi connectivity index (χ1v) is 6.80. The standard InChI is InChI=1S/C17H12FN3O2/c18-13-5-1-3-11(7-13)15-9-16(20-10-19-15)21-14-6-2-4-12(8-14)17(22)23/h1-10H,(H,22,23)(H,19,20,21). The third kappa shape index (κ3) is 3.49. The van der Waals surface area contributed by atoms with E-state index in [1.54, 1.807) is 30.3 Å². The molecule has 0 aliphatic carbocycles. The first-order valence-electron chi connectivity index (χ1n) is 6.80. The fourth-order valence-electron chi connectivity index (χ4n) is 2.11. The van der Waals surface area contributed by atoms with Gasteiger partial charge >= 0.3 is 5.97 Å². The maximum Gasteiger partial charge on any atom is 0.335 e. The molecule has 0 fully saturated rings. The minimum absolute atomic E-state index is 0.175. The van der Waals surface area contributed by atoms with Gasteiger partial charge in [0.15, 0.2) is 0 Å². The molecule has 0 saturated heterocycles. The quantitative estimate of drug-likeness (QED) is 0.768. The third-order valence-electron chi connectivity index (χ3n) is 3.17. The number of nitrogens with zero attached hydrogens (tertiary/aromatic N) is 2. The number of nitrogens with one attached hydrogen (secondary N) is 1. The van der Waals surface area contributed by atoms with Crippen molar-refractivity contribution in [1.82, 2.24) is 9.97 Å². The second kappa shape index (κ2) is 6.23. The molecule has 5 nitrogen and oxygen atoms in total. The number of aromatic carboxylic acids is 1. The van der Waals surface area contributed by atoms with Crippen molar-refractivity contribution in [3.8, 4) is 11.3 Å². The molecule has 3 aromatic rings. The van der Waals surface area contributed by atoms with Crippen LogP contribution in [0, 0.1) is 5.82 Å². The fraction of sp³-hybridized carbons (Fsp3) is 0. The van der Waals surface area contributed by atoms with E-state index < -0.39 is 5.97 Å². The molecule has 114 valence electrons. The Labute approximate surface area is 131 Å². The average molecular weight is 309 g/mol. The lowest BCUT2D eigenvalue weighted by molar-refractivity contribution is 0.0697. The zero-order valence-electron chi connectivity index (χ0n) is 11.9. The summed E-state index contributed by atoms with van der Waals surface area (Å²) in [7, 11) is 0. The molecule has 23 heavy (non-hydrogen) atoms. The highest BCUT2D eigenvalue weighted by molar-refractivity contribution is 5.89. The van der Waals surface area contributed by atoms with Gasteiger partial charge < -0.3 is 10.4 Å². The van der Waals surface area contributed by atoms with Crippen LogP contribution >= 0.6 is 0 Å². The normalized spacial score (nSPS) is 10.3. The summed E-state index contributed by atoms with van der Waals surface area (Å²) in [5.41, 5.74) is 1.97. The summed E-state index contributed by atoms with van der Waals surface area (Å²) in [6.45, 7) is 0. The van der Waals surface area contributed by atoms with Gasteiger partial charge in [-0.25, -0.2) is 19.2 Å². The lowest BCUT2D eigenvalue weighted by atomic mass is 10.1. The molecule has 0 amide bonds. The number of hydrogen-bond donors (Lipinski definition) is 2. The Kier molecular flexibility index (Phi) is 3.97. The van der Waals surface area contributed by atoms with E-state index in [1.165, 1.54) is 30.6 Å². The van der Waals surface area contributed by atoms with E-state index in [2.05, 4.69) is 15.3 Å². The van der Waals surface area contributed by atoms with Crippen molar-refractivity contribution in [2.24, 2.45) is 0 Å². The van der Waals surface area contributed by atoms with Crippen molar-refractivity contribution in [2.45, 2.75) is 0 Å². The maximum atomic E-state index is 13.3. The predicted octanol–water partition coefficient (Wildman–Crippen LogP) is 3.72. The molecule has 0 saturated carbocycles. The number of hydrogen-bond acceptors (Lipinski definition) is 4. The lowest BCUT2D eigenvalue weighted by Crippen LogP contribution is -1.99. The third-order valence-corrected chi connectivity index (χ3v) is 3.17. The summed E-state index contributed by atoms with van der Waals surface area (Å²) in [4.78, 5) is 19.2. The Balaban J connectivity index is 1.88. The van der Waals surface area contributed by atoms with Gasteiger partial charge in [0, 0.05) is 17.3 Å². The van der Waals surface area contributed by atoms with Crippen LogP contribution in [-0.2, 0) is 0 Å². The molecule has 0 aliphatic rings. The van der Waals surface area contributed by atoms with Crippen LogP contribution in [0.25, 0.3) is 11.3 Å². The maximum absolute atomic E-state index is 13.3. The summed E-state index contributed by atoms with van der Waals surface area (Å²) in [5.74, 6) is -0.858. The second-order valence-electron chi connectivity index (χ2n) is 4.81. The molecule has 0 spiro atoms. The number of carbonyl (C=O) groups is 1. The van der Waals surface area contributed by atoms with Crippen LogP contribution in [0.5, 0.6) is 0 Å². The number of halogens is 1. The van der Waals surface area contributed by atoms with Crippen molar-refractivity contribution in [3.05, 3.63) is 72.3 Å². The molecule has 0 radical (unpaired) electrons. The zero-order valence-corrected chi connectivity index (χ0v) is 11.9. The molecule has 2 aromatic carbocycles. The summed E-state index contributed by atoms with van der Waals surface area (Å²) >= 11 is 0. The van der Waals surface area contributed by atoms with E-state index in [0.717, 1.165) is 0 Å². The zero-order chi connectivity index (χ0) is 16.2. The number of carboxylic acids is 1. The predicted molar refractivity (Wildman–Crippen MR) is 84.1 cm³/mol. The van der Waals surface area contributed by atoms with Crippen molar-refractivity contribution < 1.29 is 14.3 Å². The van der Waals surface area contributed by atoms with E-state index in [9.17, 15) is 9.18 Å². The van der Waals surface area contributed by atoms with Crippen LogP contribution in [0.2, 0.25) is 0 Å². The lowest BCUT2D eigenvalue weighted by Gasteiger charge is -2.08. The van der Waals surface area contributed by atoms with Crippen LogP contribution in [0.15, 0.2) is 60.9 Å². The van der Waals surface area contributed by atoms with Gasteiger partial charge in [-0.3, -0.25) is 0 Å². The molecule has 0 bridgehead atoms. The molecular formula is C17H12FN3O2. The van der Waals surface area contributed by atoms with Crippen LogP contribution in [0.3, 0.4) is 0 Å². The van der Waals surface area contributed by atoms with Gasteiger partial charge in [0.05, 0.1) is 11.3 Å². The minimum atomic E-state index is -1.00. The average Bonchev–Trinajstić information content (AvgIpc) is 2.55. The van der Waals surface area contributed by atoms with E-state index in [1.807, 2.05) is 0 Å². The minimum Gasteiger partial charge on any atom is -0.478 e. The molecule has 1 aromatic heterocycles. The summed E-state index contributed by atoms with van der Waals surface area (Å²) in [6.07, 6.45) is 1.36. The van der Waals surface area contributed by atoms with Crippen molar-refractivity contribution in [2.75, 3.05) is 5.32 Å². The molecular weight excluding hydrogens is 297 g/mol. The highest BCUT2D eigenvalue weighted by Gasteiger charge is 2.06. The number of aromatic nitrogens is 2. The molecule has 1 heterocycles. The summed E-state index contributed by atoms with van der Waals surface area (Å²) in [5, 5.41) is 12.0. The molecule has 6 heteroatoms. The Morgan fingerprint density at radius 2 is 1.87 bits per heavy atom. The smallest absolute Gasteiger partial charge is 0.335 e. The van der Waals surface area contributed by atoms with Crippen molar-refractivity contribution in [3.63, 3.8) is 0 Å². The first-order chi connectivity index (χ1) is 11.1. The summed E-state index contributed by atoms with van der Waals surface area (Å²) in [6, 6.07) is 14.2. The van der Waals surface area contributed by atoms with Crippen LogP contribution in [-0.4, -0.2) is 21.0 Å². The SMILES string of the molecule is O=C(O)c1cccc(Nc2cc(-c3cccc(F)c3)ncn2)c1. The topological polar surface area (TPSA) is 75.1 Å². The van der Waals surface area contributed by atoms with Crippen LogP contribution < -0.4 is 5.32 Å². The van der Waals surface area contributed by atoms with E-state index >= 15 is 0 Å². The van der Waals surface area contributed by atoms with Gasteiger partial charge in [0.2, 0.25) is 0 Å². The van der Waals surface area contributed by atoms with E-state index in [4.69, 9.17) is 5.11 Å². The van der Waals surface area contributed by atoms with E-state index in [-0.39, 0.29) is 11.4 Å². The van der Waals surface area contributed by atoms with Crippen LogP contribution in [0.1, 0.15) is 10.4 Å². The highest BCUT2D eigenvalue weighted by atomic mass is 19.1. The molecule has 3 rings (SSSR count). The van der Waals surface area contributed by atoms with Gasteiger partial charge in [-0.1, -0.05) is 18.2 Å². The largest absolute Gasteiger partial charge is 0.478 e. The molecule has 0 aliphatic heterocycles. The van der Waals surface area contributed by atoms with Gasteiger partial charge in [-0.15, -0.1) is 0 Å². The Morgan fingerprint density at radius 3 is 2.65 bits per heavy atom. The van der Waals surface area contributed by atoms with Crippen molar-refractivity contribution >= 4 is 17.5 Å². The van der Waals surface area contributed by atoms with E-state index in [0.29, 0.717) is 22.8 Å². The number of rotatable bonds is 4. The first kappa shape index (κ1) is 14.6. The molecule has 0 atom stereocenters. The molecule has 2 N–H and O–H groups in total. The van der Waals surface area contributed by atoms with Gasteiger partial charge in [-0.05, 0) is 30.3 Å². The number of benzene rings is 2. The number of anilines is 2. The van der Waals surface area contributed by atoms with Crippen LogP contribution in [0.4, 0.5) is 15.9 Å². The monoisotopic (exact) mass is 309 g/mol. The highest BCUT2D eigenvalue weighted by Crippen LogP contribution is 2.22. The van der Waals surface area contributed by atoms with Crippen molar-refractivity contribution in [1.29, 1.82) is 0 Å². The Hall–Kier alpha value is -3.28. The number of carboxylic acid groups (broad SMARTS) is 1. The Morgan fingerprint density at radius 1 is 1.04 bits per heavy atom. The Bertz CT molecular complexity index is 868. The van der Waals surface area contributed by atoms with Gasteiger partial charge in [0.25, 0.3) is 0 Å². The fourth-order valence-corrected chi connectivity index (χ4v) is 2.11. The summed E-state index contributed by atoms with van der Waals surface area (Å²) < 4.78 is 13.3. The van der Waals surface area contributed by atoms with Gasteiger partial charge in [-0.2, -0.15) is 0 Å². The van der Waals surface area contributed by atoms with Gasteiger partial charge in [0.1, 0.15) is 18.0 Å². The molecule has 0 unspecified atom stereocenters.